The minimum absolute atomic E-state index is 0.416. The van der Waals surface area contributed by atoms with Crippen LogP contribution in [0.25, 0.3) is 11.0 Å². The third-order valence-corrected chi connectivity index (χ3v) is 4.09. The summed E-state index contributed by atoms with van der Waals surface area (Å²) in [7, 11) is 0. The molecule has 1 aromatic heterocycles. The Bertz CT molecular complexity index is 555. The van der Waals surface area contributed by atoms with Crippen LogP contribution in [0.5, 0.6) is 0 Å². The lowest BCUT2D eigenvalue weighted by Gasteiger charge is -2.24. The monoisotopic (exact) mass is 311 g/mol. The van der Waals surface area contributed by atoms with Crippen LogP contribution in [-0.2, 0) is 0 Å². The van der Waals surface area contributed by atoms with Crippen molar-refractivity contribution >= 4 is 40.0 Å². The van der Waals surface area contributed by atoms with Gasteiger partial charge in [-0.15, -0.1) is 0 Å². The van der Waals surface area contributed by atoms with E-state index in [2.05, 4.69) is 41.8 Å². The summed E-state index contributed by atoms with van der Waals surface area (Å²) in [5, 5.41) is 4.34. The van der Waals surface area contributed by atoms with Gasteiger partial charge < -0.3 is 5.32 Å². The number of nitrogens with zero attached hydrogens (tertiary/aromatic N) is 2. The Morgan fingerprint density at radius 2 is 1.75 bits per heavy atom. The molecule has 3 nitrogen and oxygen atoms in total. The van der Waals surface area contributed by atoms with Crippen molar-refractivity contribution in [3.05, 3.63) is 17.2 Å². The van der Waals surface area contributed by atoms with E-state index >= 15 is 0 Å². The minimum atomic E-state index is 0.416. The van der Waals surface area contributed by atoms with Crippen LogP contribution in [0, 0.1) is 11.8 Å². The van der Waals surface area contributed by atoms with Gasteiger partial charge in [-0.1, -0.05) is 39.3 Å². The van der Waals surface area contributed by atoms with Crippen LogP contribution in [0.2, 0.25) is 5.02 Å². The van der Waals surface area contributed by atoms with E-state index in [9.17, 15) is 0 Å². The number of hydrogen-bond acceptors (Lipinski definition) is 4. The summed E-state index contributed by atoms with van der Waals surface area (Å²) in [6, 6.07) is 4.24. The maximum atomic E-state index is 6.35. The molecule has 1 N–H and O–H groups in total. The van der Waals surface area contributed by atoms with Gasteiger partial charge in [-0.2, -0.15) is 8.75 Å². The molecule has 1 aromatic carbocycles. The van der Waals surface area contributed by atoms with E-state index in [1.165, 1.54) is 11.7 Å². The largest absolute Gasteiger partial charge is 0.379 e. The van der Waals surface area contributed by atoms with Crippen molar-refractivity contribution in [2.24, 2.45) is 11.8 Å². The fourth-order valence-electron chi connectivity index (χ4n) is 2.52. The molecule has 0 amide bonds. The lowest BCUT2D eigenvalue weighted by molar-refractivity contribution is 0.442. The van der Waals surface area contributed by atoms with E-state index in [-0.39, 0.29) is 0 Å². The second-order valence-corrected chi connectivity index (χ2v) is 7.09. The first-order valence-corrected chi connectivity index (χ1v) is 8.25. The molecule has 0 saturated heterocycles. The summed E-state index contributed by atoms with van der Waals surface area (Å²) in [4.78, 5) is 0. The van der Waals surface area contributed by atoms with Crippen molar-refractivity contribution in [3.63, 3.8) is 0 Å². The molecule has 2 aromatic rings. The third-order valence-electron chi connectivity index (χ3n) is 3.24. The van der Waals surface area contributed by atoms with Gasteiger partial charge in [0.2, 0.25) is 0 Å². The van der Waals surface area contributed by atoms with Crippen molar-refractivity contribution in [3.8, 4) is 0 Å². The zero-order valence-corrected chi connectivity index (χ0v) is 14.1. The molecule has 0 fully saturated rings. The Labute approximate surface area is 130 Å². The van der Waals surface area contributed by atoms with Gasteiger partial charge >= 0.3 is 0 Å². The molecule has 0 saturated carbocycles. The standard InChI is InChI=1S/C15H22ClN3S/c1-9(2)7-11(8-10(3)4)17-14-12(16)5-6-13-15(14)19-20-18-13/h5-6,9-11,17H,7-8H2,1-4H3. The van der Waals surface area contributed by atoms with Crippen molar-refractivity contribution in [2.75, 3.05) is 5.32 Å². The Morgan fingerprint density at radius 1 is 1.10 bits per heavy atom. The average Bonchev–Trinajstić information content (AvgIpc) is 2.79. The number of anilines is 1. The minimum Gasteiger partial charge on any atom is -0.379 e. The highest BCUT2D eigenvalue weighted by molar-refractivity contribution is 7.00. The molecule has 0 bridgehead atoms. The molecular weight excluding hydrogens is 290 g/mol. The van der Waals surface area contributed by atoms with Gasteiger partial charge in [0.1, 0.15) is 11.0 Å². The molecule has 20 heavy (non-hydrogen) atoms. The van der Waals surface area contributed by atoms with E-state index in [1.807, 2.05) is 12.1 Å². The third kappa shape index (κ3) is 3.83. The van der Waals surface area contributed by atoms with E-state index in [4.69, 9.17) is 11.6 Å². The molecule has 0 unspecified atom stereocenters. The topological polar surface area (TPSA) is 37.8 Å². The lowest BCUT2D eigenvalue weighted by Crippen LogP contribution is -2.24. The lowest BCUT2D eigenvalue weighted by atomic mass is 9.95. The summed E-state index contributed by atoms with van der Waals surface area (Å²) < 4.78 is 8.66. The van der Waals surface area contributed by atoms with E-state index in [1.54, 1.807) is 0 Å². The van der Waals surface area contributed by atoms with E-state index in [0.717, 1.165) is 34.6 Å². The van der Waals surface area contributed by atoms with Crippen LogP contribution in [0.4, 0.5) is 5.69 Å². The number of nitrogens with one attached hydrogen (secondary N) is 1. The number of hydrogen-bond donors (Lipinski definition) is 1. The normalized spacial score (nSPS) is 12.0. The highest BCUT2D eigenvalue weighted by atomic mass is 35.5. The Kier molecular flexibility index (Phi) is 5.22. The van der Waals surface area contributed by atoms with Crippen LogP contribution in [0.3, 0.4) is 0 Å². The van der Waals surface area contributed by atoms with E-state index in [0.29, 0.717) is 17.9 Å². The first kappa shape index (κ1) is 15.5. The van der Waals surface area contributed by atoms with Gasteiger partial charge in [0.15, 0.2) is 0 Å². The predicted molar refractivity (Wildman–Crippen MR) is 88.7 cm³/mol. The summed E-state index contributed by atoms with van der Waals surface area (Å²) in [6.45, 7) is 9.01. The van der Waals surface area contributed by atoms with Gasteiger partial charge in [0, 0.05) is 6.04 Å². The first-order chi connectivity index (χ1) is 9.47. The molecule has 0 atom stereocenters. The van der Waals surface area contributed by atoms with Gasteiger partial charge in [-0.25, -0.2) is 0 Å². The fourth-order valence-corrected chi connectivity index (χ4v) is 3.27. The Hall–Kier alpha value is -0.870. The summed E-state index contributed by atoms with van der Waals surface area (Å²) in [5.74, 6) is 1.30. The predicted octanol–water partition coefficient (Wildman–Crippen LogP) is 5.22. The van der Waals surface area contributed by atoms with Crippen LogP contribution in [-0.4, -0.2) is 14.8 Å². The smallest absolute Gasteiger partial charge is 0.129 e. The molecule has 0 aliphatic carbocycles. The van der Waals surface area contributed by atoms with Crippen LogP contribution in [0.1, 0.15) is 40.5 Å². The van der Waals surface area contributed by atoms with E-state index < -0.39 is 0 Å². The number of fused-ring (bicyclic) bond motifs is 1. The average molecular weight is 312 g/mol. The van der Waals surface area contributed by atoms with Crippen molar-refractivity contribution in [2.45, 2.75) is 46.6 Å². The van der Waals surface area contributed by atoms with Crippen molar-refractivity contribution in [1.82, 2.24) is 8.75 Å². The SMILES string of the molecule is CC(C)CC(CC(C)C)Nc1c(Cl)ccc2nsnc12. The second-order valence-electron chi connectivity index (χ2n) is 6.15. The number of halogens is 1. The zero-order chi connectivity index (χ0) is 14.7. The van der Waals surface area contributed by atoms with Crippen LogP contribution < -0.4 is 5.32 Å². The Morgan fingerprint density at radius 3 is 2.35 bits per heavy atom. The Balaban J connectivity index is 2.27. The van der Waals surface area contributed by atoms with Crippen LogP contribution >= 0.6 is 23.3 Å². The number of aromatic nitrogens is 2. The molecule has 5 heteroatoms. The molecule has 0 aliphatic heterocycles. The van der Waals surface area contributed by atoms with Crippen molar-refractivity contribution < 1.29 is 0 Å². The molecule has 1 heterocycles. The molecule has 110 valence electrons. The zero-order valence-electron chi connectivity index (χ0n) is 12.5. The fraction of sp³-hybridized carbons (Fsp3) is 0.600. The summed E-state index contributed by atoms with van der Waals surface area (Å²) >= 11 is 7.58. The van der Waals surface area contributed by atoms with Crippen LogP contribution in [0.15, 0.2) is 12.1 Å². The number of rotatable bonds is 6. The first-order valence-electron chi connectivity index (χ1n) is 7.14. The maximum Gasteiger partial charge on any atom is 0.129 e. The molecule has 2 rings (SSSR count). The summed E-state index contributed by atoms with van der Waals surface area (Å²) in [6.07, 6.45) is 2.25. The summed E-state index contributed by atoms with van der Waals surface area (Å²) in [5.41, 5.74) is 2.74. The quantitative estimate of drug-likeness (QED) is 0.795. The highest BCUT2D eigenvalue weighted by Crippen LogP contribution is 2.32. The molecule has 0 radical (unpaired) electrons. The molecular formula is C15H22ClN3S. The van der Waals surface area contributed by atoms with Gasteiger partial charge in [0.05, 0.1) is 22.4 Å². The molecule has 0 aliphatic rings. The van der Waals surface area contributed by atoms with Gasteiger partial charge in [0.25, 0.3) is 0 Å². The molecule has 0 spiro atoms. The van der Waals surface area contributed by atoms with Gasteiger partial charge in [-0.05, 0) is 36.8 Å². The maximum absolute atomic E-state index is 6.35. The second kappa shape index (κ2) is 6.72. The van der Waals surface area contributed by atoms with Crippen molar-refractivity contribution in [1.29, 1.82) is 0 Å². The highest BCUT2D eigenvalue weighted by Gasteiger charge is 2.17. The number of benzene rings is 1. The van der Waals surface area contributed by atoms with Gasteiger partial charge in [-0.3, -0.25) is 0 Å².